The van der Waals surface area contributed by atoms with E-state index in [0.29, 0.717) is 18.5 Å². The van der Waals surface area contributed by atoms with E-state index < -0.39 is 0 Å². The Balaban J connectivity index is 1.76. The van der Waals surface area contributed by atoms with Gasteiger partial charge in [-0.3, -0.25) is 4.99 Å². The van der Waals surface area contributed by atoms with E-state index in [2.05, 4.69) is 10.3 Å². The molecule has 2 saturated carbocycles. The molecule has 0 spiro atoms. The van der Waals surface area contributed by atoms with Crippen LogP contribution in [0.5, 0.6) is 0 Å². The lowest BCUT2D eigenvalue weighted by Crippen LogP contribution is -2.46. The van der Waals surface area contributed by atoms with Crippen molar-refractivity contribution in [3.63, 3.8) is 0 Å². The Morgan fingerprint density at radius 3 is 2.60 bits per heavy atom. The van der Waals surface area contributed by atoms with Gasteiger partial charge in [-0.15, -0.1) is 0 Å². The van der Waals surface area contributed by atoms with E-state index in [9.17, 15) is 0 Å². The maximum atomic E-state index is 5.81. The monoisotopic (exact) mass is 211 g/mol. The molecule has 0 saturated heterocycles. The normalized spacial score (nSPS) is 25.5. The summed E-state index contributed by atoms with van der Waals surface area (Å²) in [5.41, 5.74) is 5.80. The highest BCUT2D eigenvalue weighted by atomic mass is 16.5. The van der Waals surface area contributed by atoms with E-state index in [0.717, 1.165) is 12.8 Å². The molecule has 15 heavy (non-hydrogen) atoms. The lowest BCUT2D eigenvalue weighted by atomic mass is 9.80. The lowest BCUT2D eigenvalue weighted by Gasteiger charge is -2.39. The summed E-state index contributed by atoms with van der Waals surface area (Å²) in [5.74, 6) is 0.586. The molecule has 0 aromatic heterocycles. The number of hydrogen-bond donors (Lipinski definition) is 2. The van der Waals surface area contributed by atoms with Gasteiger partial charge in [-0.1, -0.05) is 0 Å². The number of nitrogens with two attached hydrogens (primary N) is 1. The zero-order valence-electron chi connectivity index (χ0n) is 9.46. The standard InChI is InChI=1S/C11H21N3O/c1-15-11(6-3-7-11)8-13-10(12)14-9-4-2-5-9/h9H,2-8H2,1H3,(H3,12,13,14). The first-order chi connectivity index (χ1) is 7.24. The largest absolute Gasteiger partial charge is 0.376 e. The molecular formula is C11H21N3O. The minimum absolute atomic E-state index is 0.00802. The molecule has 0 aliphatic heterocycles. The highest BCUT2D eigenvalue weighted by molar-refractivity contribution is 5.78. The van der Waals surface area contributed by atoms with E-state index in [-0.39, 0.29) is 5.60 Å². The van der Waals surface area contributed by atoms with Crippen LogP contribution in [0.1, 0.15) is 38.5 Å². The number of rotatable bonds is 4. The summed E-state index contributed by atoms with van der Waals surface area (Å²) in [6.07, 6.45) is 7.25. The van der Waals surface area contributed by atoms with Gasteiger partial charge in [0.05, 0.1) is 12.1 Å². The summed E-state index contributed by atoms with van der Waals surface area (Å²) < 4.78 is 5.48. The fourth-order valence-electron chi connectivity index (χ4n) is 2.03. The van der Waals surface area contributed by atoms with E-state index in [1.54, 1.807) is 7.11 Å². The summed E-state index contributed by atoms with van der Waals surface area (Å²) in [6.45, 7) is 0.703. The van der Waals surface area contributed by atoms with E-state index in [4.69, 9.17) is 10.5 Å². The summed E-state index contributed by atoms with van der Waals surface area (Å²) in [7, 11) is 1.77. The average Bonchev–Trinajstić information content (AvgIpc) is 2.10. The number of nitrogens with one attached hydrogen (secondary N) is 1. The average molecular weight is 211 g/mol. The quantitative estimate of drug-likeness (QED) is 0.539. The van der Waals surface area contributed by atoms with Crippen molar-refractivity contribution >= 4 is 5.96 Å². The first-order valence-electron chi connectivity index (χ1n) is 5.86. The molecule has 2 fully saturated rings. The molecule has 86 valence electrons. The van der Waals surface area contributed by atoms with Gasteiger partial charge in [0.15, 0.2) is 5.96 Å². The third kappa shape index (κ3) is 2.43. The van der Waals surface area contributed by atoms with Crippen LogP contribution in [0.2, 0.25) is 0 Å². The second-order valence-corrected chi connectivity index (χ2v) is 4.71. The number of guanidine groups is 1. The summed E-state index contributed by atoms with van der Waals surface area (Å²) in [4.78, 5) is 4.37. The molecule has 0 amide bonds. The van der Waals surface area contributed by atoms with E-state index in [1.807, 2.05) is 0 Å². The van der Waals surface area contributed by atoms with E-state index >= 15 is 0 Å². The van der Waals surface area contributed by atoms with Crippen molar-refractivity contribution in [3.8, 4) is 0 Å². The fourth-order valence-corrected chi connectivity index (χ4v) is 2.03. The SMILES string of the molecule is COC1(CN=C(N)NC2CCC2)CCC1. The van der Waals surface area contributed by atoms with Gasteiger partial charge in [-0.2, -0.15) is 0 Å². The Morgan fingerprint density at radius 2 is 2.20 bits per heavy atom. The molecular weight excluding hydrogens is 190 g/mol. The second kappa shape index (κ2) is 4.39. The maximum absolute atomic E-state index is 5.81. The van der Waals surface area contributed by atoms with Crippen LogP contribution in [-0.4, -0.2) is 31.3 Å². The van der Waals surface area contributed by atoms with Crippen LogP contribution in [0, 0.1) is 0 Å². The van der Waals surface area contributed by atoms with Gasteiger partial charge in [0.25, 0.3) is 0 Å². The molecule has 0 unspecified atom stereocenters. The molecule has 0 bridgehead atoms. The van der Waals surface area contributed by atoms with Crippen LogP contribution < -0.4 is 11.1 Å². The molecule has 2 aliphatic carbocycles. The van der Waals surface area contributed by atoms with Gasteiger partial charge in [0.2, 0.25) is 0 Å². The first kappa shape index (κ1) is 10.7. The Hall–Kier alpha value is -0.770. The number of methoxy groups -OCH3 is 1. The van der Waals surface area contributed by atoms with Gasteiger partial charge < -0.3 is 15.8 Å². The van der Waals surface area contributed by atoms with Gasteiger partial charge in [0, 0.05) is 13.2 Å². The van der Waals surface area contributed by atoms with Gasteiger partial charge in [-0.25, -0.2) is 0 Å². The smallest absolute Gasteiger partial charge is 0.188 e. The molecule has 3 N–H and O–H groups in total. The molecule has 4 heteroatoms. The van der Waals surface area contributed by atoms with Crippen molar-refractivity contribution in [2.45, 2.75) is 50.2 Å². The van der Waals surface area contributed by atoms with Crippen LogP contribution in [0.4, 0.5) is 0 Å². The maximum Gasteiger partial charge on any atom is 0.188 e. The zero-order valence-corrected chi connectivity index (χ0v) is 9.46. The Kier molecular flexibility index (Phi) is 3.14. The van der Waals surface area contributed by atoms with Crippen LogP contribution in [0.15, 0.2) is 4.99 Å². The van der Waals surface area contributed by atoms with Crippen molar-refractivity contribution < 1.29 is 4.74 Å². The minimum Gasteiger partial charge on any atom is -0.376 e. The Bertz CT molecular complexity index is 239. The number of ether oxygens (including phenoxy) is 1. The molecule has 0 atom stereocenters. The van der Waals surface area contributed by atoms with Gasteiger partial charge >= 0.3 is 0 Å². The van der Waals surface area contributed by atoms with Crippen molar-refractivity contribution in [2.75, 3.05) is 13.7 Å². The number of nitrogens with zero attached hydrogens (tertiary/aromatic N) is 1. The number of hydrogen-bond acceptors (Lipinski definition) is 2. The van der Waals surface area contributed by atoms with E-state index in [1.165, 1.54) is 25.7 Å². The Labute approximate surface area is 91.3 Å². The summed E-state index contributed by atoms with van der Waals surface area (Å²) >= 11 is 0. The topological polar surface area (TPSA) is 59.6 Å². The van der Waals surface area contributed by atoms with Crippen LogP contribution in [0.25, 0.3) is 0 Å². The van der Waals surface area contributed by atoms with Gasteiger partial charge in [-0.05, 0) is 38.5 Å². The summed E-state index contributed by atoms with van der Waals surface area (Å²) in [5, 5.41) is 3.23. The summed E-state index contributed by atoms with van der Waals surface area (Å²) in [6, 6.07) is 0.564. The molecule has 0 heterocycles. The molecule has 0 aromatic rings. The minimum atomic E-state index is -0.00802. The van der Waals surface area contributed by atoms with Crippen molar-refractivity contribution in [2.24, 2.45) is 10.7 Å². The molecule has 0 radical (unpaired) electrons. The third-order valence-corrected chi connectivity index (χ3v) is 3.69. The van der Waals surface area contributed by atoms with Crippen molar-refractivity contribution in [1.82, 2.24) is 5.32 Å². The zero-order chi connectivity index (χ0) is 10.7. The highest BCUT2D eigenvalue weighted by Crippen LogP contribution is 2.35. The molecule has 2 rings (SSSR count). The fraction of sp³-hybridized carbons (Fsp3) is 0.909. The third-order valence-electron chi connectivity index (χ3n) is 3.69. The molecule has 0 aromatic carbocycles. The van der Waals surface area contributed by atoms with Crippen molar-refractivity contribution in [1.29, 1.82) is 0 Å². The highest BCUT2D eigenvalue weighted by Gasteiger charge is 2.36. The van der Waals surface area contributed by atoms with Crippen LogP contribution in [0.3, 0.4) is 0 Å². The number of aliphatic imine (C=N–C) groups is 1. The molecule has 4 nitrogen and oxygen atoms in total. The molecule has 2 aliphatic rings. The Morgan fingerprint density at radius 1 is 1.47 bits per heavy atom. The van der Waals surface area contributed by atoms with Crippen LogP contribution in [-0.2, 0) is 4.74 Å². The second-order valence-electron chi connectivity index (χ2n) is 4.71. The lowest BCUT2D eigenvalue weighted by molar-refractivity contribution is -0.0630. The predicted molar refractivity (Wildman–Crippen MR) is 60.9 cm³/mol. The first-order valence-corrected chi connectivity index (χ1v) is 5.86. The van der Waals surface area contributed by atoms with Crippen molar-refractivity contribution in [3.05, 3.63) is 0 Å². The predicted octanol–water partition coefficient (Wildman–Crippen LogP) is 1.01. The van der Waals surface area contributed by atoms with Gasteiger partial charge in [0.1, 0.15) is 0 Å². The van der Waals surface area contributed by atoms with Crippen LogP contribution >= 0.6 is 0 Å².